The van der Waals surface area contributed by atoms with Crippen molar-refractivity contribution in [3.63, 3.8) is 0 Å². The molecule has 98 valence electrons. The number of hydrogen-bond acceptors (Lipinski definition) is 2. The van der Waals surface area contributed by atoms with Gasteiger partial charge in [-0.25, -0.2) is 0 Å². The molecule has 1 unspecified atom stereocenters. The summed E-state index contributed by atoms with van der Waals surface area (Å²) in [7, 11) is 0. The number of hydrogen-bond donors (Lipinski definition) is 2. The Morgan fingerprint density at radius 3 is 2.94 bits per heavy atom. The molecular weight excluding hydrogens is 224 g/mol. The summed E-state index contributed by atoms with van der Waals surface area (Å²) in [6, 6.07) is 6.71. The number of benzene rings is 1. The van der Waals surface area contributed by atoms with E-state index in [1.807, 2.05) is 0 Å². The highest BCUT2D eigenvalue weighted by Gasteiger charge is 2.18. The van der Waals surface area contributed by atoms with Crippen LogP contribution in [0.15, 0.2) is 18.2 Å². The highest BCUT2D eigenvalue weighted by atomic mass is 16.1. The second-order valence-electron chi connectivity index (χ2n) is 4.82. The Hall–Kier alpha value is -1.35. The maximum atomic E-state index is 11.8. The second-order valence-corrected chi connectivity index (χ2v) is 4.82. The standard InChI is InChI=1S/C15H22N2O/c1-3-5-14(16-4-2)12-7-6-11-8-9-17-15(18)13(11)10-12/h6-7,10,14,16H,3-5,8-9H2,1-2H3,(H,17,18). The third-order valence-corrected chi connectivity index (χ3v) is 3.49. The summed E-state index contributed by atoms with van der Waals surface area (Å²) >= 11 is 0. The molecule has 18 heavy (non-hydrogen) atoms. The van der Waals surface area contributed by atoms with Gasteiger partial charge in [0.05, 0.1) is 0 Å². The Kier molecular flexibility index (Phi) is 4.37. The topological polar surface area (TPSA) is 41.1 Å². The van der Waals surface area contributed by atoms with Crippen LogP contribution in [0, 0.1) is 0 Å². The SMILES string of the molecule is CCCC(NCC)c1ccc2c(c1)C(=O)NCC2. The quantitative estimate of drug-likeness (QED) is 0.837. The van der Waals surface area contributed by atoms with Crippen molar-refractivity contribution in [1.29, 1.82) is 0 Å². The minimum atomic E-state index is 0.0739. The normalized spacial score (nSPS) is 16.0. The van der Waals surface area contributed by atoms with Crippen LogP contribution in [0.5, 0.6) is 0 Å². The number of carbonyl (C=O) groups excluding carboxylic acids is 1. The van der Waals surface area contributed by atoms with Gasteiger partial charge in [0.2, 0.25) is 0 Å². The minimum absolute atomic E-state index is 0.0739. The van der Waals surface area contributed by atoms with Crippen molar-refractivity contribution in [1.82, 2.24) is 10.6 Å². The first-order chi connectivity index (χ1) is 8.76. The molecule has 2 N–H and O–H groups in total. The van der Waals surface area contributed by atoms with Crippen LogP contribution >= 0.6 is 0 Å². The van der Waals surface area contributed by atoms with Crippen molar-refractivity contribution in [3.8, 4) is 0 Å². The van der Waals surface area contributed by atoms with Gasteiger partial charge in [-0.1, -0.05) is 32.4 Å². The zero-order valence-electron chi connectivity index (χ0n) is 11.3. The average molecular weight is 246 g/mol. The predicted molar refractivity (Wildman–Crippen MR) is 73.8 cm³/mol. The first-order valence-electron chi connectivity index (χ1n) is 6.90. The van der Waals surface area contributed by atoms with E-state index in [1.165, 1.54) is 11.1 Å². The van der Waals surface area contributed by atoms with Crippen molar-refractivity contribution in [2.75, 3.05) is 13.1 Å². The summed E-state index contributed by atoms with van der Waals surface area (Å²) in [5, 5.41) is 6.40. The molecule has 0 aliphatic carbocycles. The Morgan fingerprint density at radius 2 is 2.22 bits per heavy atom. The molecule has 0 saturated heterocycles. The maximum Gasteiger partial charge on any atom is 0.251 e. The summed E-state index contributed by atoms with van der Waals surface area (Å²) in [4.78, 5) is 11.8. The van der Waals surface area contributed by atoms with Gasteiger partial charge in [0.25, 0.3) is 5.91 Å². The van der Waals surface area contributed by atoms with E-state index in [1.54, 1.807) is 0 Å². The van der Waals surface area contributed by atoms with Gasteiger partial charge in [-0.3, -0.25) is 4.79 Å². The van der Waals surface area contributed by atoms with E-state index >= 15 is 0 Å². The van der Waals surface area contributed by atoms with E-state index in [9.17, 15) is 4.79 Å². The zero-order valence-corrected chi connectivity index (χ0v) is 11.3. The summed E-state index contributed by atoms with van der Waals surface area (Å²) in [5.74, 6) is 0.0739. The second kappa shape index (κ2) is 6.01. The molecule has 1 aliphatic rings. The minimum Gasteiger partial charge on any atom is -0.352 e. The molecule has 0 fully saturated rings. The summed E-state index contributed by atoms with van der Waals surface area (Å²) < 4.78 is 0. The molecule has 0 bridgehead atoms. The fourth-order valence-corrected chi connectivity index (χ4v) is 2.57. The third-order valence-electron chi connectivity index (χ3n) is 3.49. The number of rotatable bonds is 5. The van der Waals surface area contributed by atoms with E-state index < -0.39 is 0 Å². The molecule has 0 aromatic heterocycles. The third kappa shape index (κ3) is 2.72. The lowest BCUT2D eigenvalue weighted by Crippen LogP contribution is -2.32. The molecule has 2 rings (SSSR count). The van der Waals surface area contributed by atoms with Crippen molar-refractivity contribution < 1.29 is 4.79 Å². The van der Waals surface area contributed by atoms with Crippen LogP contribution in [-0.4, -0.2) is 19.0 Å². The Bertz CT molecular complexity index is 423. The molecule has 3 nitrogen and oxygen atoms in total. The molecule has 1 amide bonds. The van der Waals surface area contributed by atoms with E-state index in [0.717, 1.165) is 37.9 Å². The molecule has 1 heterocycles. The average Bonchev–Trinajstić information content (AvgIpc) is 2.39. The van der Waals surface area contributed by atoms with Gasteiger partial charge in [-0.05, 0) is 36.6 Å². The van der Waals surface area contributed by atoms with Gasteiger partial charge >= 0.3 is 0 Å². The van der Waals surface area contributed by atoms with Crippen LogP contribution in [0.3, 0.4) is 0 Å². The Balaban J connectivity index is 2.28. The smallest absolute Gasteiger partial charge is 0.251 e. The summed E-state index contributed by atoms with van der Waals surface area (Å²) in [6.45, 7) is 6.02. The highest BCUT2D eigenvalue weighted by molar-refractivity contribution is 5.96. The van der Waals surface area contributed by atoms with Crippen molar-refractivity contribution in [2.45, 2.75) is 39.2 Å². The Morgan fingerprint density at radius 1 is 1.39 bits per heavy atom. The van der Waals surface area contributed by atoms with Crippen LogP contribution in [0.4, 0.5) is 0 Å². The van der Waals surface area contributed by atoms with E-state index in [4.69, 9.17) is 0 Å². The highest BCUT2D eigenvalue weighted by Crippen LogP contribution is 2.23. The lowest BCUT2D eigenvalue weighted by Gasteiger charge is -2.21. The molecule has 0 radical (unpaired) electrons. The van der Waals surface area contributed by atoms with Crippen LogP contribution in [-0.2, 0) is 6.42 Å². The van der Waals surface area contributed by atoms with Crippen LogP contribution in [0.2, 0.25) is 0 Å². The number of amides is 1. The molecular formula is C15H22N2O. The molecule has 1 aromatic carbocycles. The van der Waals surface area contributed by atoms with Gasteiger partial charge in [-0.15, -0.1) is 0 Å². The molecule has 1 aromatic rings. The van der Waals surface area contributed by atoms with E-state index in [0.29, 0.717) is 6.04 Å². The van der Waals surface area contributed by atoms with E-state index in [2.05, 4.69) is 42.7 Å². The van der Waals surface area contributed by atoms with Crippen molar-refractivity contribution in [2.24, 2.45) is 0 Å². The fourth-order valence-electron chi connectivity index (χ4n) is 2.57. The van der Waals surface area contributed by atoms with Gasteiger partial charge in [0.15, 0.2) is 0 Å². The predicted octanol–water partition coefficient (Wildman–Crippen LogP) is 2.42. The van der Waals surface area contributed by atoms with Crippen molar-refractivity contribution in [3.05, 3.63) is 34.9 Å². The van der Waals surface area contributed by atoms with Gasteiger partial charge < -0.3 is 10.6 Å². The molecule has 1 aliphatic heterocycles. The zero-order chi connectivity index (χ0) is 13.0. The molecule has 3 heteroatoms. The largest absolute Gasteiger partial charge is 0.352 e. The van der Waals surface area contributed by atoms with Gasteiger partial charge in [0, 0.05) is 18.2 Å². The van der Waals surface area contributed by atoms with Gasteiger partial charge in [0.1, 0.15) is 0 Å². The monoisotopic (exact) mass is 246 g/mol. The molecule has 0 spiro atoms. The molecule has 0 saturated carbocycles. The van der Waals surface area contributed by atoms with Crippen LogP contribution in [0.25, 0.3) is 0 Å². The van der Waals surface area contributed by atoms with Crippen LogP contribution < -0.4 is 10.6 Å². The maximum absolute atomic E-state index is 11.8. The first kappa shape index (κ1) is 13.1. The van der Waals surface area contributed by atoms with Crippen LogP contribution in [0.1, 0.15) is 54.2 Å². The Labute approximate surface area is 109 Å². The summed E-state index contributed by atoms with van der Waals surface area (Å²) in [6.07, 6.45) is 3.19. The van der Waals surface area contributed by atoms with E-state index in [-0.39, 0.29) is 5.91 Å². The van der Waals surface area contributed by atoms with Gasteiger partial charge in [-0.2, -0.15) is 0 Å². The number of fused-ring (bicyclic) bond motifs is 1. The van der Waals surface area contributed by atoms with Crippen molar-refractivity contribution >= 4 is 5.91 Å². The fraction of sp³-hybridized carbons (Fsp3) is 0.533. The lowest BCUT2D eigenvalue weighted by atomic mass is 9.93. The number of nitrogens with one attached hydrogen (secondary N) is 2. The number of carbonyl (C=O) groups is 1. The lowest BCUT2D eigenvalue weighted by molar-refractivity contribution is 0.0946. The first-order valence-corrected chi connectivity index (χ1v) is 6.90. The molecule has 1 atom stereocenters. The summed E-state index contributed by atoms with van der Waals surface area (Å²) in [5.41, 5.74) is 3.27.